The Morgan fingerprint density at radius 2 is 1.75 bits per heavy atom. The number of amides is 2. The number of anilines is 2. The van der Waals surface area contributed by atoms with Gasteiger partial charge in [0.15, 0.2) is 0 Å². The number of pyridine rings is 1. The molecule has 298 valence electrons. The van der Waals surface area contributed by atoms with E-state index in [1.54, 1.807) is 24.3 Å². The molecule has 2 amide bonds. The summed E-state index contributed by atoms with van der Waals surface area (Å²) < 4.78 is 2.12. The van der Waals surface area contributed by atoms with Crippen molar-refractivity contribution in [3.8, 4) is 11.1 Å². The Hall–Kier alpha value is -4.83. The molecule has 17 heteroatoms. The van der Waals surface area contributed by atoms with Crippen LogP contribution in [0.4, 0.5) is 11.4 Å². The van der Waals surface area contributed by atoms with Crippen LogP contribution in [0, 0.1) is 5.92 Å². The Bertz CT molecular complexity index is 2020. The normalized spacial score (nSPS) is 20.1. The number of benzene rings is 1. The van der Waals surface area contributed by atoms with E-state index in [-0.39, 0.29) is 42.2 Å². The minimum Gasteiger partial charge on any atom is -0.400 e. The zero-order valence-electron chi connectivity index (χ0n) is 33.1. The van der Waals surface area contributed by atoms with Gasteiger partial charge in [0.1, 0.15) is 18.1 Å². The SMILES string of the molecule is CO.[B]C([B])(c1cccc(C(=O)N2CCCC2)n1)N1CC(n2ncc3c2C(CC)N(C)c2c(NC(/C=C(\N)NC(=O)C4CC4)=C(/N)CONC4CC4)cccc2-3)C1. The van der Waals surface area contributed by atoms with E-state index in [4.69, 9.17) is 42.2 Å². The second kappa shape index (κ2) is 16.9. The van der Waals surface area contributed by atoms with E-state index in [1.165, 1.54) is 0 Å². The third-order valence-corrected chi connectivity index (χ3v) is 11.4. The van der Waals surface area contributed by atoms with Gasteiger partial charge < -0.3 is 41.9 Å². The van der Waals surface area contributed by atoms with Gasteiger partial charge in [0, 0.05) is 75.2 Å². The highest BCUT2D eigenvalue weighted by Crippen LogP contribution is 2.50. The maximum Gasteiger partial charge on any atom is 0.272 e. The first-order valence-corrected chi connectivity index (χ1v) is 19.9. The molecular weight excluding hydrogens is 720 g/mol. The van der Waals surface area contributed by atoms with Crippen LogP contribution in [0.2, 0.25) is 0 Å². The zero-order valence-corrected chi connectivity index (χ0v) is 33.1. The maximum absolute atomic E-state index is 13.1. The Balaban J connectivity index is 0.00000244. The van der Waals surface area contributed by atoms with E-state index in [2.05, 4.69) is 50.7 Å². The van der Waals surface area contributed by atoms with Gasteiger partial charge in [0.25, 0.3) is 5.91 Å². The van der Waals surface area contributed by atoms with Gasteiger partial charge in [-0.1, -0.05) is 25.1 Å². The first-order chi connectivity index (χ1) is 27.5. The van der Waals surface area contributed by atoms with E-state index in [0.717, 1.165) is 93.3 Å². The van der Waals surface area contributed by atoms with Crippen LogP contribution in [0.1, 0.15) is 85.8 Å². The van der Waals surface area contributed by atoms with Gasteiger partial charge in [-0.2, -0.15) is 10.6 Å². The minimum atomic E-state index is -1.36. The summed E-state index contributed by atoms with van der Waals surface area (Å²) in [5, 5.41) is 17.0. The Kier molecular flexibility index (Phi) is 12.0. The number of aliphatic hydroxyl groups is 1. The van der Waals surface area contributed by atoms with Crippen molar-refractivity contribution in [2.75, 3.05) is 57.2 Å². The minimum absolute atomic E-state index is 0.00625. The number of allylic oxidation sites excluding steroid dienone is 1. The third-order valence-electron chi connectivity index (χ3n) is 11.4. The van der Waals surface area contributed by atoms with Crippen molar-refractivity contribution in [1.82, 2.24) is 35.4 Å². The van der Waals surface area contributed by atoms with E-state index in [1.807, 2.05) is 28.1 Å². The van der Waals surface area contributed by atoms with Crippen LogP contribution in [-0.2, 0) is 15.0 Å². The molecule has 5 aliphatic rings. The average molecular weight is 774 g/mol. The Morgan fingerprint density at radius 3 is 2.44 bits per heavy atom. The number of hydroxylamine groups is 1. The standard InChI is InChI=1S/C39H49B2N11O3.CH4O/c1-3-32-36-27(19-44-52(36)25-20-51(21-25)39(40,41)33-11-7-10-30(46-33)38(54)50-16-4-5-17-50)26-8-6-9-29(35(26)49(32)2)45-31(28(42)22-55-48-24-14-15-24)18-34(43)47-37(53)23-12-13-23;1-2/h6-11,18-19,23-25,32,45,48H,3-5,12-17,20-22,42-43H2,1-2H3,(H,47,53);2H,1H3/b31-28+,34-18+;. The van der Waals surface area contributed by atoms with Gasteiger partial charge in [0.05, 0.1) is 62.4 Å². The van der Waals surface area contributed by atoms with Gasteiger partial charge in [-0.05, 0) is 68.5 Å². The van der Waals surface area contributed by atoms with Gasteiger partial charge in [-0.15, -0.1) is 0 Å². The topological polar surface area (TPSA) is 192 Å². The molecule has 1 atom stereocenters. The Morgan fingerprint density at radius 1 is 1.04 bits per heavy atom. The number of nitrogens with two attached hydrogens (primary N) is 2. The summed E-state index contributed by atoms with van der Waals surface area (Å²) in [6, 6.07) is 11.8. The van der Waals surface area contributed by atoms with Crippen molar-refractivity contribution in [2.24, 2.45) is 17.4 Å². The van der Waals surface area contributed by atoms with Crippen molar-refractivity contribution >= 4 is 38.9 Å². The second-order valence-electron chi connectivity index (χ2n) is 15.5. The fraction of sp³-hybridized carbons (Fsp3) is 0.500. The molecule has 2 saturated carbocycles. The van der Waals surface area contributed by atoms with Gasteiger partial charge in [0.2, 0.25) is 5.91 Å². The summed E-state index contributed by atoms with van der Waals surface area (Å²) in [6.45, 7) is 4.92. The predicted molar refractivity (Wildman–Crippen MR) is 220 cm³/mol. The molecule has 0 bridgehead atoms. The molecule has 4 fully saturated rings. The van der Waals surface area contributed by atoms with Crippen molar-refractivity contribution in [2.45, 2.75) is 75.3 Å². The van der Waals surface area contributed by atoms with Crippen LogP contribution < -0.4 is 32.5 Å². The lowest BCUT2D eigenvalue weighted by atomic mass is 9.57. The number of para-hydroxylation sites is 1. The van der Waals surface area contributed by atoms with Gasteiger partial charge >= 0.3 is 0 Å². The highest BCUT2D eigenvalue weighted by atomic mass is 16.6. The number of likely N-dealkylation sites (tertiary alicyclic amines) is 2. The summed E-state index contributed by atoms with van der Waals surface area (Å²) in [4.78, 5) is 42.0. The first kappa shape index (κ1) is 40.4. The number of carbonyl (C=O) groups is 2. The number of nitrogens with one attached hydrogen (secondary N) is 3. The summed E-state index contributed by atoms with van der Waals surface area (Å²) in [5.74, 6) is 0.0440. The smallest absolute Gasteiger partial charge is 0.272 e. The molecule has 1 unspecified atom stereocenters. The number of rotatable bonds is 14. The molecule has 2 aliphatic carbocycles. The predicted octanol–water partition coefficient (Wildman–Crippen LogP) is 2.29. The molecular formula is C40H53B2N11O4. The number of hydrogen-bond donors (Lipinski definition) is 6. The van der Waals surface area contributed by atoms with Crippen LogP contribution in [0.25, 0.3) is 11.1 Å². The van der Waals surface area contributed by atoms with Crippen LogP contribution >= 0.6 is 0 Å². The third kappa shape index (κ3) is 8.43. The van der Waals surface area contributed by atoms with Crippen molar-refractivity contribution in [3.63, 3.8) is 0 Å². The summed E-state index contributed by atoms with van der Waals surface area (Å²) >= 11 is 0. The molecule has 8 rings (SSSR count). The summed E-state index contributed by atoms with van der Waals surface area (Å²) in [7, 11) is 16.6. The van der Waals surface area contributed by atoms with E-state index >= 15 is 0 Å². The Labute approximate surface area is 337 Å². The number of hydrogen-bond acceptors (Lipinski definition) is 12. The lowest BCUT2D eigenvalue weighted by Gasteiger charge is -2.50. The highest BCUT2D eigenvalue weighted by Gasteiger charge is 2.43. The van der Waals surface area contributed by atoms with Crippen LogP contribution in [0.15, 0.2) is 65.9 Å². The van der Waals surface area contributed by atoms with Crippen molar-refractivity contribution in [1.29, 1.82) is 0 Å². The van der Waals surface area contributed by atoms with Crippen molar-refractivity contribution < 1.29 is 19.5 Å². The maximum atomic E-state index is 13.1. The fourth-order valence-corrected chi connectivity index (χ4v) is 7.84. The molecule has 3 aromatic rings. The van der Waals surface area contributed by atoms with E-state index in [9.17, 15) is 9.59 Å². The first-order valence-electron chi connectivity index (χ1n) is 19.9. The summed E-state index contributed by atoms with van der Waals surface area (Å²) in [6.07, 6.45) is 10.3. The highest BCUT2D eigenvalue weighted by molar-refractivity contribution is 6.39. The second-order valence-corrected chi connectivity index (χ2v) is 15.5. The van der Waals surface area contributed by atoms with Crippen LogP contribution in [-0.4, -0.2) is 110 Å². The van der Waals surface area contributed by atoms with E-state index < -0.39 is 5.34 Å². The molecule has 2 aromatic heterocycles. The van der Waals surface area contributed by atoms with Crippen LogP contribution in [0.5, 0.6) is 0 Å². The molecule has 4 radical (unpaired) electrons. The monoisotopic (exact) mass is 773 g/mol. The van der Waals surface area contributed by atoms with Gasteiger partial charge in [-0.25, -0.2) is 4.98 Å². The molecule has 15 nitrogen and oxygen atoms in total. The zero-order chi connectivity index (χ0) is 40.4. The number of fused-ring (bicyclic) bond motifs is 3. The number of aliphatic hydroxyl groups excluding tert-OH is 1. The average Bonchev–Trinajstić information content (AvgIpc) is 4.12. The van der Waals surface area contributed by atoms with Gasteiger partial charge in [-0.3, -0.25) is 19.1 Å². The largest absolute Gasteiger partial charge is 0.400 e. The van der Waals surface area contributed by atoms with Crippen LogP contribution in [0.3, 0.4) is 0 Å². The molecule has 2 saturated heterocycles. The molecule has 8 N–H and O–H groups in total. The molecule has 0 spiro atoms. The fourth-order valence-electron chi connectivity index (χ4n) is 7.84. The molecule has 3 aliphatic heterocycles. The number of aromatic nitrogens is 3. The molecule has 1 aromatic carbocycles. The number of carbonyl (C=O) groups excluding carboxylic acids is 2. The number of nitrogens with zero attached hydrogens (tertiary/aromatic N) is 6. The van der Waals surface area contributed by atoms with Crippen molar-refractivity contribution in [3.05, 3.63) is 83.0 Å². The lowest BCUT2D eigenvalue weighted by molar-refractivity contribution is -0.121. The lowest BCUT2D eigenvalue weighted by Crippen LogP contribution is -2.60. The van der Waals surface area contributed by atoms with E-state index in [0.29, 0.717) is 41.9 Å². The molecule has 5 heterocycles. The molecule has 57 heavy (non-hydrogen) atoms. The summed E-state index contributed by atoms with van der Waals surface area (Å²) in [5.41, 5.74) is 22.8. The quantitative estimate of drug-likeness (QED) is 0.0798.